The van der Waals surface area contributed by atoms with E-state index in [1.54, 1.807) is 11.9 Å². The number of nitrogens with zero attached hydrogens (tertiary/aromatic N) is 4. The maximum absolute atomic E-state index is 12.7. The number of hydrogen-bond acceptors (Lipinski definition) is 5. The molecule has 8 heteroatoms. The smallest absolute Gasteiger partial charge is 0.233 e. The lowest BCUT2D eigenvalue weighted by Gasteiger charge is -2.17. The Hall–Kier alpha value is -2.51. The molecule has 32 heavy (non-hydrogen) atoms. The van der Waals surface area contributed by atoms with Gasteiger partial charge < -0.3 is 14.2 Å². The number of carbonyl (C=O) groups excluding carboxylic acids is 1. The molecule has 1 aromatic heterocycles. The molecule has 0 saturated heterocycles. The van der Waals surface area contributed by atoms with Gasteiger partial charge in [-0.25, -0.2) is 0 Å². The minimum absolute atomic E-state index is 0.0236. The largest absolute Gasteiger partial charge is 0.486 e. The molecule has 0 N–H and O–H groups in total. The highest BCUT2D eigenvalue weighted by molar-refractivity contribution is 7.99. The topological polar surface area (TPSA) is 60.2 Å². The monoisotopic (exact) mass is 472 g/mol. The lowest BCUT2D eigenvalue weighted by Crippen LogP contribution is -2.28. The summed E-state index contributed by atoms with van der Waals surface area (Å²) in [6, 6.07) is 17.2. The van der Waals surface area contributed by atoms with Crippen LogP contribution in [0.2, 0.25) is 5.02 Å². The van der Waals surface area contributed by atoms with E-state index in [0.29, 0.717) is 24.1 Å². The molecule has 3 rings (SSSR count). The molecule has 0 spiro atoms. The first-order valence-electron chi connectivity index (χ1n) is 10.6. The van der Waals surface area contributed by atoms with Crippen molar-refractivity contribution in [3.8, 4) is 5.75 Å². The van der Waals surface area contributed by atoms with Crippen molar-refractivity contribution in [2.75, 3.05) is 12.8 Å². The molecule has 0 bridgehead atoms. The second kappa shape index (κ2) is 11.9. The SMILES string of the molecule is CC(C)CCn1c(COc2ccccc2)nnc1SCC(=O)N(C)Cc1cccc(Cl)c1. The van der Waals surface area contributed by atoms with Crippen LogP contribution in [-0.2, 0) is 24.5 Å². The van der Waals surface area contributed by atoms with Crippen LogP contribution in [0, 0.1) is 5.92 Å². The predicted molar refractivity (Wildman–Crippen MR) is 129 cm³/mol. The van der Waals surface area contributed by atoms with Crippen LogP contribution in [-0.4, -0.2) is 38.4 Å². The number of amides is 1. The Balaban J connectivity index is 1.62. The molecular weight excluding hydrogens is 444 g/mol. The number of para-hydroxylation sites is 1. The third-order valence-corrected chi connectivity index (χ3v) is 6.08. The second-order valence-electron chi connectivity index (χ2n) is 8.00. The minimum Gasteiger partial charge on any atom is -0.486 e. The van der Waals surface area contributed by atoms with E-state index in [-0.39, 0.29) is 11.7 Å². The first kappa shape index (κ1) is 24.1. The fourth-order valence-electron chi connectivity index (χ4n) is 3.04. The fourth-order valence-corrected chi connectivity index (χ4v) is 4.18. The molecule has 1 amide bonds. The highest BCUT2D eigenvalue weighted by Crippen LogP contribution is 2.21. The van der Waals surface area contributed by atoms with Gasteiger partial charge in [0, 0.05) is 25.2 Å². The van der Waals surface area contributed by atoms with Crippen LogP contribution >= 0.6 is 23.4 Å². The first-order valence-corrected chi connectivity index (χ1v) is 12.0. The van der Waals surface area contributed by atoms with E-state index in [1.165, 1.54) is 11.8 Å². The summed E-state index contributed by atoms with van der Waals surface area (Å²) in [5, 5.41) is 10.1. The molecule has 0 aliphatic heterocycles. The molecular formula is C24H29ClN4O2S. The van der Waals surface area contributed by atoms with Gasteiger partial charge in [-0.15, -0.1) is 10.2 Å². The predicted octanol–water partition coefficient (Wildman–Crippen LogP) is 5.31. The lowest BCUT2D eigenvalue weighted by molar-refractivity contribution is -0.127. The fraction of sp³-hybridized carbons (Fsp3) is 0.375. The second-order valence-corrected chi connectivity index (χ2v) is 9.38. The molecule has 0 aliphatic rings. The van der Waals surface area contributed by atoms with E-state index >= 15 is 0 Å². The molecule has 1 heterocycles. The summed E-state index contributed by atoms with van der Waals surface area (Å²) in [6.45, 7) is 6.00. The van der Waals surface area contributed by atoms with Crippen LogP contribution in [0.15, 0.2) is 59.8 Å². The molecule has 3 aromatic rings. The molecule has 0 fully saturated rings. The zero-order valence-electron chi connectivity index (χ0n) is 18.7. The maximum atomic E-state index is 12.7. The molecule has 6 nitrogen and oxygen atoms in total. The van der Waals surface area contributed by atoms with E-state index in [0.717, 1.165) is 35.3 Å². The van der Waals surface area contributed by atoms with Crippen molar-refractivity contribution in [1.29, 1.82) is 0 Å². The average Bonchev–Trinajstić information content (AvgIpc) is 3.16. The van der Waals surface area contributed by atoms with Gasteiger partial charge in [-0.1, -0.05) is 67.5 Å². The summed E-state index contributed by atoms with van der Waals surface area (Å²) in [4.78, 5) is 14.4. The summed E-state index contributed by atoms with van der Waals surface area (Å²) in [7, 11) is 1.80. The minimum atomic E-state index is 0.0236. The number of carbonyl (C=O) groups is 1. The highest BCUT2D eigenvalue weighted by Gasteiger charge is 2.17. The Bertz CT molecular complexity index is 1010. The third kappa shape index (κ3) is 7.28. The highest BCUT2D eigenvalue weighted by atomic mass is 35.5. The number of aromatic nitrogens is 3. The van der Waals surface area contributed by atoms with Crippen molar-refractivity contribution in [3.05, 3.63) is 71.0 Å². The molecule has 0 radical (unpaired) electrons. The van der Waals surface area contributed by atoms with Gasteiger partial charge in [0.25, 0.3) is 0 Å². The quantitative estimate of drug-likeness (QED) is 0.354. The Morgan fingerprint density at radius 2 is 1.94 bits per heavy atom. The van der Waals surface area contributed by atoms with Gasteiger partial charge >= 0.3 is 0 Å². The standard InChI is InChI=1S/C24H29ClN4O2S/c1-18(2)12-13-29-22(16-31-21-10-5-4-6-11-21)26-27-24(29)32-17-23(30)28(3)15-19-8-7-9-20(25)14-19/h4-11,14,18H,12-13,15-17H2,1-3H3. The summed E-state index contributed by atoms with van der Waals surface area (Å²) in [5.74, 6) is 2.41. The third-order valence-electron chi connectivity index (χ3n) is 4.89. The van der Waals surface area contributed by atoms with Crippen molar-refractivity contribution < 1.29 is 9.53 Å². The summed E-state index contributed by atoms with van der Waals surface area (Å²) in [5.41, 5.74) is 0.999. The van der Waals surface area contributed by atoms with E-state index < -0.39 is 0 Å². The van der Waals surface area contributed by atoms with Crippen LogP contribution in [0.4, 0.5) is 0 Å². The van der Waals surface area contributed by atoms with E-state index in [4.69, 9.17) is 16.3 Å². The Labute approximate surface area is 198 Å². The number of hydrogen-bond donors (Lipinski definition) is 0. The number of benzene rings is 2. The van der Waals surface area contributed by atoms with Gasteiger partial charge in [0.15, 0.2) is 11.0 Å². The van der Waals surface area contributed by atoms with Crippen molar-refractivity contribution in [2.45, 2.75) is 45.1 Å². The zero-order chi connectivity index (χ0) is 22.9. The Kier molecular flexibility index (Phi) is 9.00. The van der Waals surface area contributed by atoms with E-state index in [2.05, 4.69) is 28.6 Å². The lowest BCUT2D eigenvalue weighted by atomic mass is 10.1. The van der Waals surface area contributed by atoms with Crippen molar-refractivity contribution in [2.24, 2.45) is 5.92 Å². The average molecular weight is 473 g/mol. The van der Waals surface area contributed by atoms with Crippen LogP contribution in [0.25, 0.3) is 0 Å². The normalized spacial score (nSPS) is 11.0. The maximum Gasteiger partial charge on any atom is 0.233 e. The summed E-state index contributed by atoms with van der Waals surface area (Å²) in [6.07, 6.45) is 0.993. The number of thioether (sulfide) groups is 1. The van der Waals surface area contributed by atoms with E-state index in [9.17, 15) is 4.79 Å². The van der Waals surface area contributed by atoms with Gasteiger partial charge in [0.2, 0.25) is 5.91 Å². The first-order chi connectivity index (χ1) is 15.4. The van der Waals surface area contributed by atoms with Gasteiger partial charge in [-0.2, -0.15) is 0 Å². The Morgan fingerprint density at radius 1 is 1.16 bits per heavy atom. The molecule has 2 aromatic carbocycles. The van der Waals surface area contributed by atoms with Crippen molar-refractivity contribution >= 4 is 29.3 Å². The van der Waals surface area contributed by atoms with Gasteiger partial charge in [0.05, 0.1) is 5.75 Å². The summed E-state index contributed by atoms with van der Waals surface area (Å²) >= 11 is 7.46. The van der Waals surface area contributed by atoms with Crippen molar-refractivity contribution in [1.82, 2.24) is 19.7 Å². The molecule has 0 aliphatic carbocycles. The van der Waals surface area contributed by atoms with E-state index in [1.807, 2.05) is 54.6 Å². The van der Waals surface area contributed by atoms with Crippen LogP contribution in [0.3, 0.4) is 0 Å². The molecule has 0 saturated carbocycles. The van der Waals surface area contributed by atoms with Crippen LogP contribution in [0.1, 0.15) is 31.7 Å². The van der Waals surface area contributed by atoms with Gasteiger partial charge in [0.1, 0.15) is 12.4 Å². The van der Waals surface area contributed by atoms with Crippen molar-refractivity contribution in [3.63, 3.8) is 0 Å². The zero-order valence-corrected chi connectivity index (χ0v) is 20.3. The van der Waals surface area contributed by atoms with Crippen LogP contribution in [0.5, 0.6) is 5.75 Å². The Morgan fingerprint density at radius 3 is 2.66 bits per heavy atom. The summed E-state index contributed by atoms with van der Waals surface area (Å²) < 4.78 is 7.94. The van der Waals surface area contributed by atoms with Crippen LogP contribution < -0.4 is 4.74 Å². The molecule has 170 valence electrons. The number of halogens is 1. The molecule has 0 unspecified atom stereocenters. The number of ether oxygens (including phenoxy) is 1. The van der Waals surface area contributed by atoms with Gasteiger partial charge in [-0.05, 0) is 42.2 Å². The van der Waals surface area contributed by atoms with Gasteiger partial charge in [-0.3, -0.25) is 4.79 Å². The molecule has 0 atom stereocenters. The number of rotatable bonds is 11.